The lowest BCUT2D eigenvalue weighted by molar-refractivity contribution is -0.274. The first-order valence-electron chi connectivity index (χ1n) is 11.3. The molecule has 0 unspecified atom stereocenters. The number of aliphatic hydroxyl groups is 1. The van der Waals surface area contributed by atoms with Crippen LogP contribution in [0.5, 0.6) is 5.75 Å². The van der Waals surface area contributed by atoms with Gasteiger partial charge in [0.2, 0.25) is 0 Å². The lowest BCUT2D eigenvalue weighted by atomic mass is 9.85. The van der Waals surface area contributed by atoms with E-state index in [1.807, 2.05) is 0 Å². The lowest BCUT2D eigenvalue weighted by Gasteiger charge is -2.39. The average Bonchev–Trinajstić information content (AvgIpc) is 3.58. The number of amides is 1. The fourth-order valence-electron chi connectivity index (χ4n) is 4.30. The third kappa shape index (κ3) is 5.02. The summed E-state index contributed by atoms with van der Waals surface area (Å²) in [6.07, 6.45) is -0.889. The number of hydrogen-bond acceptors (Lipinski definition) is 7. The molecule has 1 amide bonds. The molecule has 0 radical (unpaired) electrons. The maximum absolute atomic E-state index is 14.9. The number of alkyl halides is 3. The van der Waals surface area contributed by atoms with Crippen molar-refractivity contribution < 1.29 is 36.6 Å². The van der Waals surface area contributed by atoms with E-state index in [-0.39, 0.29) is 23.6 Å². The van der Waals surface area contributed by atoms with Gasteiger partial charge >= 0.3 is 6.36 Å². The Bertz CT molecular complexity index is 1670. The van der Waals surface area contributed by atoms with Gasteiger partial charge in [0, 0.05) is 24.9 Å². The van der Waals surface area contributed by atoms with Crippen molar-refractivity contribution in [3.63, 3.8) is 0 Å². The highest BCUT2D eigenvalue weighted by Gasteiger charge is 2.43. The summed E-state index contributed by atoms with van der Waals surface area (Å²) in [5.41, 5.74) is -1.83. The van der Waals surface area contributed by atoms with E-state index < -0.39 is 35.5 Å². The largest absolute Gasteiger partial charge is 0.573 e. The highest BCUT2D eigenvalue weighted by molar-refractivity contribution is 7.23. The molecule has 9 nitrogen and oxygen atoms in total. The molecule has 1 N–H and O–H groups in total. The molecule has 3 heterocycles. The molecule has 0 fully saturated rings. The van der Waals surface area contributed by atoms with Crippen LogP contribution in [0.4, 0.5) is 22.0 Å². The summed E-state index contributed by atoms with van der Waals surface area (Å²) >= 11 is 1.05. The van der Waals surface area contributed by atoms with E-state index in [9.17, 15) is 31.9 Å². The van der Waals surface area contributed by atoms with Crippen LogP contribution in [-0.4, -0.2) is 59.5 Å². The topological polar surface area (TPSA) is 97.8 Å². The van der Waals surface area contributed by atoms with Crippen molar-refractivity contribution >= 4 is 32.4 Å². The number of carbonyl (C=O) groups is 1. The van der Waals surface area contributed by atoms with Gasteiger partial charge in [-0.2, -0.15) is 5.10 Å². The predicted molar refractivity (Wildman–Crippen MR) is 129 cm³/mol. The smallest absolute Gasteiger partial charge is 0.406 e. The number of imidazole rings is 1. The van der Waals surface area contributed by atoms with Gasteiger partial charge in [-0.1, -0.05) is 17.4 Å². The number of likely N-dealkylation sites (N-methyl/N-ethyl adjacent to an activating group) is 1. The van der Waals surface area contributed by atoms with Gasteiger partial charge in [0.15, 0.2) is 4.96 Å². The Morgan fingerprint density at radius 3 is 2.64 bits per heavy atom. The second kappa shape index (κ2) is 9.57. The number of benzene rings is 2. The Morgan fingerprint density at radius 1 is 1.21 bits per heavy atom. The zero-order chi connectivity index (χ0) is 28.1. The first-order valence-corrected chi connectivity index (χ1v) is 12.1. The van der Waals surface area contributed by atoms with Crippen molar-refractivity contribution in [1.82, 2.24) is 29.0 Å². The second-order valence-corrected chi connectivity index (χ2v) is 9.80. The van der Waals surface area contributed by atoms with Crippen LogP contribution in [0.1, 0.15) is 23.0 Å². The van der Waals surface area contributed by atoms with E-state index in [1.54, 1.807) is 4.40 Å². The Kier molecular flexibility index (Phi) is 6.50. The molecule has 3 aromatic heterocycles. The van der Waals surface area contributed by atoms with Crippen molar-refractivity contribution in [3.8, 4) is 5.75 Å². The van der Waals surface area contributed by atoms with Crippen molar-refractivity contribution in [1.29, 1.82) is 0 Å². The molecule has 39 heavy (non-hydrogen) atoms. The number of rotatable bonds is 7. The summed E-state index contributed by atoms with van der Waals surface area (Å²) < 4.78 is 73.4. The first kappa shape index (κ1) is 26.5. The standard InChI is InChI=1S/C24H19F5N6O3S/c1-13(23(37,10-34-12-30-11-31-34)16-5-3-14(25)7-17(16)26)33(2)21(36)18-9-35-19-6-4-15(38-24(27,28)29)8-20(19)39-22(35)32-18/h3-9,11-13,37H,10H2,1-2H3/t13-,23-/m1/s1. The summed E-state index contributed by atoms with van der Waals surface area (Å²) in [6.45, 7) is 1.19. The second-order valence-electron chi connectivity index (χ2n) is 8.79. The Morgan fingerprint density at radius 2 is 1.97 bits per heavy atom. The molecule has 0 aliphatic rings. The summed E-state index contributed by atoms with van der Waals surface area (Å²) in [4.78, 5) is 23.1. The van der Waals surface area contributed by atoms with Crippen LogP contribution in [0, 0.1) is 11.6 Å². The number of thiazole rings is 1. The molecule has 2 aromatic carbocycles. The number of halogens is 5. The normalized spacial score (nSPS) is 14.5. The van der Waals surface area contributed by atoms with Crippen LogP contribution in [-0.2, 0) is 12.1 Å². The molecule has 0 aliphatic carbocycles. The van der Waals surface area contributed by atoms with Gasteiger partial charge in [-0.05, 0) is 31.2 Å². The molecule has 0 saturated carbocycles. The zero-order valence-electron chi connectivity index (χ0n) is 20.2. The minimum Gasteiger partial charge on any atom is -0.406 e. The van der Waals surface area contributed by atoms with Crippen LogP contribution in [0.3, 0.4) is 0 Å². The van der Waals surface area contributed by atoms with E-state index in [0.717, 1.165) is 29.5 Å². The minimum absolute atomic E-state index is 0.0178. The van der Waals surface area contributed by atoms with Crippen LogP contribution in [0.25, 0.3) is 15.2 Å². The van der Waals surface area contributed by atoms with Crippen molar-refractivity contribution in [2.45, 2.75) is 31.5 Å². The van der Waals surface area contributed by atoms with E-state index in [0.29, 0.717) is 21.2 Å². The highest BCUT2D eigenvalue weighted by atomic mass is 32.1. The fraction of sp³-hybridized carbons (Fsp3) is 0.250. The number of ether oxygens (including phenoxy) is 1. The number of carbonyl (C=O) groups excluding carboxylic acids is 1. The molecule has 0 saturated heterocycles. The highest BCUT2D eigenvalue weighted by Crippen LogP contribution is 2.34. The molecular formula is C24H19F5N6O3S. The molecule has 0 aliphatic heterocycles. The number of hydrogen-bond donors (Lipinski definition) is 1. The van der Waals surface area contributed by atoms with Crippen LogP contribution in [0.2, 0.25) is 0 Å². The van der Waals surface area contributed by atoms with Crippen LogP contribution >= 0.6 is 11.3 Å². The first-order chi connectivity index (χ1) is 18.4. The molecule has 15 heteroatoms. The third-order valence-electron chi connectivity index (χ3n) is 6.38. The predicted octanol–water partition coefficient (Wildman–Crippen LogP) is 4.37. The van der Waals surface area contributed by atoms with E-state index in [2.05, 4.69) is 19.8 Å². The number of fused-ring (bicyclic) bond motifs is 3. The van der Waals surface area contributed by atoms with Gasteiger partial charge in [0.1, 0.15) is 41.3 Å². The molecule has 5 rings (SSSR count). The van der Waals surface area contributed by atoms with Gasteiger partial charge < -0.3 is 14.7 Å². The fourth-order valence-corrected chi connectivity index (χ4v) is 5.34. The monoisotopic (exact) mass is 566 g/mol. The average molecular weight is 567 g/mol. The maximum Gasteiger partial charge on any atom is 0.573 e. The minimum atomic E-state index is -4.83. The van der Waals surface area contributed by atoms with Gasteiger partial charge in [0.25, 0.3) is 5.91 Å². The molecule has 204 valence electrons. The Labute approximate surface area is 220 Å². The van der Waals surface area contributed by atoms with Gasteiger partial charge in [-0.3, -0.25) is 9.20 Å². The molecule has 5 aromatic rings. The van der Waals surface area contributed by atoms with Gasteiger partial charge in [0.05, 0.1) is 22.8 Å². The summed E-state index contributed by atoms with van der Waals surface area (Å²) in [5.74, 6) is -2.85. The summed E-state index contributed by atoms with van der Waals surface area (Å²) in [6, 6.07) is 5.45. The van der Waals surface area contributed by atoms with E-state index >= 15 is 0 Å². The molecule has 2 atom stereocenters. The van der Waals surface area contributed by atoms with Crippen molar-refractivity contribution in [2.75, 3.05) is 7.05 Å². The van der Waals surface area contributed by atoms with Crippen LogP contribution in [0.15, 0.2) is 55.2 Å². The van der Waals surface area contributed by atoms with Crippen molar-refractivity contribution in [3.05, 3.63) is 78.1 Å². The quantitative estimate of drug-likeness (QED) is 0.294. The lowest BCUT2D eigenvalue weighted by Crippen LogP contribution is -2.52. The maximum atomic E-state index is 14.9. The van der Waals surface area contributed by atoms with Gasteiger partial charge in [-0.25, -0.2) is 23.4 Å². The third-order valence-corrected chi connectivity index (χ3v) is 7.40. The molecular weight excluding hydrogens is 547 g/mol. The molecule has 0 bridgehead atoms. The number of aromatic nitrogens is 5. The van der Waals surface area contributed by atoms with Crippen LogP contribution < -0.4 is 4.74 Å². The van der Waals surface area contributed by atoms with E-state index in [1.165, 1.54) is 54.5 Å². The summed E-state index contributed by atoms with van der Waals surface area (Å²) in [7, 11) is 1.40. The molecule has 0 spiro atoms. The zero-order valence-corrected chi connectivity index (χ0v) is 21.0. The summed E-state index contributed by atoms with van der Waals surface area (Å²) in [5, 5.41) is 15.7. The Balaban J connectivity index is 1.46. The number of nitrogens with zero attached hydrogens (tertiary/aromatic N) is 6. The van der Waals surface area contributed by atoms with Crippen molar-refractivity contribution in [2.24, 2.45) is 0 Å². The van der Waals surface area contributed by atoms with E-state index in [4.69, 9.17) is 0 Å². The van der Waals surface area contributed by atoms with Gasteiger partial charge in [-0.15, -0.1) is 13.2 Å². The Hall–Kier alpha value is -4.11. The SMILES string of the molecule is C[C@@H](N(C)C(=O)c1cn2c(n1)sc1cc(OC(F)(F)F)ccc12)[C@](O)(Cn1cncn1)c1ccc(F)cc1F.